The zero-order valence-corrected chi connectivity index (χ0v) is 10.0. The largest absolute Gasteiger partial charge is 0.466 e. The van der Waals surface area contributed by atoms with Crippen molar-refractivity contribution in [2.24, 2.45) is 0 Å². The fourth-order valence-corrected chi connectivity index (χ4v) is 1.67. The molecule has 98 valence electrons. The van der Waals surface area contributed by atoms with Gasteiger partial charge in [-0.15, -0.1) is 0 Å². The lowest BCUT2D eigenvalue weighted by molar-refractivity contribution is -0.160. The first-order valence-electron chi connectivity index (χ1n) is 6.20. The molecule has 1 N–H and O–H groups in total. The van der Waals surface area contributed by atoms with Crippen LogP contribution in [0.4, 0.5) is 0 Å². The second kappa shape index (κ2) is 8.06. The van der Waals surface area contributed by atoms with E-state index in [1.54, 1.807) is 0 Å². The summed E-state index contributed by atoms with van der Waals surface area (Å²) in [5.41, 5.74) is 0. The average molecular weight is 244 g/mol. The average Bonchev–Trinajstić information content (AvgIpc) is 2.30. The van der Waals surface area contributed by atoms with Crippen molar-refractivity contribution >= 4 is 11.9 Å². The first kappa shape index (κ1) is 14.0. The molecule has 1 unspecified atom stereocenters. The number of rotatable bonds is 0. The maximum Gasteiger partial charge on any atom is 0.335 e. The molecule has 0 aromatic rings. The Balaban J connectivity index is 2.38. The lowest BCUT2D eigenvalue weighted by atomic mass is 10.1. The van der Waals surface area contributed by atoms with Gasteiger partial charge in [0.1, 0.15) is 0 Å². The maximum absolute atomic E-state index is 11.2. The van der Waals surface area contributed by atoms with Crippen molar-refractivity contribution in [3.63, 3.8) is 0 Å². The van der Waals surface area contributed by atoms with Crippen molar-refractivity contribution in [2.75, 3.05) is 13.2 Å². The van der Waals surface area contributed by atoms with E-state index in [-0.39, 0.29) is 6.42 Å². The molecular weight excluding hydrogens is 224 g/mol. The van der Waals surface area contributed by atoms with Gasteiger partial charge in [0.05, 0.1) is 19.6 Å². The first-order chi connectivity index (χ1) is 8.20. The zero-order chi connectivity index (χ0) is 12.5. The molecule has 0 radical (unpaired) electrons. The van der Waals surface area contributed by atoms with Gasteiger partial charge in [-0.2, -0.15) is 0 Å². The quantitative estimate of drug-likeness (QED) is 0.648. The monoisotopic (exact) mass is 244 g/mol. The molecule has 1 atom stereocenters. The highest BCUT2D eigenvalue weighted by Crippen LogP contribution is 2.08. The normalized spacial score (nSPS) is 25.6. The molecule has 1 saturated heterocycles. The van der Waals surface area contributed by atoms with Crippen molar-refractivity contribution in [2.45, 2.75) is 51.0 Å². The number of hydrogen-bond acceptors (Lipinski definition) is 5. The Morgan fingerprint density at radius 2 is 1.41 bits per heavy atom. The van der Waals surface area contributed by atoms with E-state index in [0.29, 0.717) is 13.2 Å². The molecule has 1 fully saturated rings. The summed E-state index contributed by atoms with van der Waals surface area (Å²) in [6, 6.07) is 0. The molecule has 0 aromatic carbocycles. The van der Waals surface area contributed by atoms with Crippen molar-refractivity contribution < 1.29 is 24.2 Å². The summed E-state index contributed by atoms with van der Waals surface area (Å²) in [5.74, 6) is -1.29. The predicted molar refractivity (Wildman–Crippen MR) is 60.2 cm³/mol. The molecule has 1 heterocycles. The van der Waals surface area contributed by atoms with Crippen LogP contribution in [0, 0.1) is 0 Å². The zero-order valence-electron chi connectivity index (χ0n) is 10.0. The second-order valence-electron chi connectivity index (χ2n) is 4.23. The van der Waals surface area contributed by atoms with Crippen LogP contribution in [0.3, 0.4) is 0 Å². The molecule has 0 spiro atoms. The summed E-state index contributed by atoms with van der Waals surface area (Å²) in [5, 5.41) is 9.38. The van der Waals surface area contributed by atoms with E-state index >= 15 is 0 Å². The van der Waals surface area contributed by atoms with E-state index in [0.717, 1.165) is 38.5 Å². The highest BCUT2D eigenvalue weighted by atomic mass is 16.6. The smallest absolute Gasteiger partial charge is 0.335 e. The summed E-state index contributed by atoms with van der Waals surface area (Å²) in [6.45, 7) is 0.672. The Hall–Kier alpha value is -1.10. The standard InChI is InChI=1S/C12H20O5/c13-10-9-11(14)16-7-5-3-1-2-4-6-8-17-12(10)15/h10,13H,1-9H2. The van der Waals surface area contributed by atoms with Crippen molar-refractivity contribution in [3.05, 3.63) is 0 Å². The summed E-state index contributed by atoms with van der Waals surface area (Å²) < 4.78 is 9.75. The molecular formula is C12H20O5. The van der Waals surface area contributed by atoms with Crippen LogP contribution in [0.1, 0.15) is 44.9 Å². The predicted octanol–water partition coefficient (Wildman–Crippen LogP) is 1.18. The number of ether oxygens (including phenoxy) is 2. The number of carbonyl (C=O) groups excluding carboxylic acids is 2. The van der Waals surface area contributed by atoms with Crippen LogP contribution < -0.4 is 0 Å². The molecule has 0 aromatic heterocycles. The first-order valence-corrected chi connectivity index (χ1v) is 6.20. The Labute approximate surface area is 101 Å². The molecule has 1 rings (SSSR count). The van der Waals surface area contributed by atoms with Crippen molar-refractivity contribution in [1.82, 2.24) is 0 Å². The van der Waals surface area contributed by atoms with Crippen LogP contribution in [-0.4, -0.2) is 36.4 Å². The molecule has 0 saturated carbocycles. The third kappa shape index (κ3) is 6.26. The third-order valence-corrected chi connectivity index (χ3v) is 2.68. The van der Waals surface area contributed by atoms with E-state index in [1.165, 1.54) is 0 Å². The third-order valence-electron chi connectivity index (χ3n) is 2.68. The lowest BCUT2D eigenvalue weighted by Crippen LogP contribution is -2.27. The van der Waals surface area contributed by atoms with E-state index in [2.05, 4.69) is 0 Å². The second-order valence-corrected chi connectivity index (χ2v) is 4.23. The van der Waals surface area contributed by atoms with Crippen LogP contribution in [0.15, 0.2) is 0 Å². The molecule has 0 aliphatic carbocycles. The van der Waals surface area contributed by atoms with Gasteiger partial charge in [-0.1, -0.05) is 25.7 Å². The minimum absolute atomic E-state index is 0.310. The Kier molecular flexibility index (Phi) is 6.62. The highest BCUT2D eigenvalue weighted by molar-refractivity contribution is 5.81. The molecule has 5 heteroatoms. The van der Waals surface area contributed by atoms with E-state index in [9.17, 15) is 14.7 Å². The minimum atomic E-state index is -1.40. The number of hydrogen-bond donors (Lipinski definition) is 1. The number of aliphatic hydroxyl groups is 1. The van der Waals surface area contributed by atoms with E-state index < -0.39 is 18.0 Å². The van der Waals surface area contributed by atoms with Crippen LogP contribution in [0.2, 0.25) is 0 Å². The fraction of sp³-hybridized carbons (Fsp3) is 0.833. The molecule has 1 aliphatic heterocycles. The van der Waals surface area contributed by atoms with Crippen molar-refractivity contribution in [3.8, 4) is 0 Å². The van der Waals surface area contributed by atoms with E-state index in [1.807, 2.05) is 0 Å². The van der Waals surface area contributed by atoms with Gasteiger partial charge in [0.15, 0.2) is 6.10 Å². The van der Waals surface area contributed by atoms with Crippen LogP contribution in [-0.2, 0) is 19.1 Å². The highest BCUT2D eigenvalue weighted by Gasteiger charge is 2.21. The Bertz CT molecular complexity index is 251. The van der Waals surface area contributed by atoms with Crippen molar-refractivity contribution in [1.29, 1.82) is 0 Å². The Morgan fingerprint density at radius 3 is 2.06 bits per heavy atom. The fourth-order valence-electron chi connectivity index (χ4n) is 1.67. The molecule has 5 nitrogen and oxygen atoms in total. The molecule has 17 heavy (non-hydrogen) atoms. The summed E-state index contributed by atoms with van der Waals surface area (Å²) in [4.78, 5) is 22.5. The number of esters is 2. The van der Waals surface area contributed by atoms with Gasteiger partial charge in [0, 0.05) is 0 Å². The van der Waals surface area contributed by atoms with E-state index in [4.69, 9.17) is 9.47 Å². The van der Waals surface area contributed by atoms with Crippen LogP contribution in [0.25, 0.3) is 0 Å². The maximum atomic E-state index is 11.2. The molecule has 1 aliphatic rings. The topological polar surface area (TPSA) is 72.8 Å². The number of carbonyl (C=O) groups is 2. The summed E-state index contributed by atoms with van der Waals surface area (Å²) in [7, 11) is 0. The van der Waals surface area contributed by atoms with Gasteiger partial charge in [0.25, 0.3) is 0 Å². The summed E-state index contributed by atoms with van der Waals surface area (Å²) >= 11 is 0. The van der Waals surface area contributed by atoms with Gasteiger partial charge >= 0.3 is 11.9 Å². The number of cyclic esters (lactones) is 2. The Morgan fingerprint density at radius 1 is 0.882 bits per heavy atom. The van der Waals surface area contributed by atoms with Crippen LogP contribution in [0.5, 0.6) is 0 Å². The molecule has 0 bridgehead atoms. The lowest BCUT2D eigenvalue weighted by Gasteiger charge is -2.11. The van der Waals surface area contributed by atoms with Gasteiger partial charge in [-0.25, -0.2) is 4.79 Å². The van der Waals surface area contributed by atoms with Gasteiger partial charge in [0.2, 0.25) is 0 Å². The summed E-state index contributed by atoms with van der Waals surface area (Å²) in [6.07, 6.45) is 4.18. The molecule has 0 amide bonds. The van der Waals surface area contributed by atoms with Gasteiger partial charge in [-0.05, 0) is 12.8 Å². The number of aliphatic hydroxyl groups excluding tert-OH is 1. The van der Waals surface area contributed by atoms with Gasteiger partial charge < -0.3 is 14.6 Å². The van der Waals surface area contributed by atoms with Crippen LogP contribution >= 0.6 is 0 Å². The SMILES string of the molecule is O=C1CC(O)C(=O)OCCCCCCCCO1. The van der Waals surface area contributed by atoms with Gasteiger partial charge in [-0.3, -0.25) is 4.79 Å². The minimum Gasteiger partial charge on any atom is -0.466 e.